The first-order chi connectivity index (χ1) is 9.79. The van der Waals surface area contributed by atoms with Crippen LogP contribution in [0.15, 0.2) is 30.5 Å². The fraction of sp³-hybridized carbons (Fsp3) is 0.400. The van der Waals surface area contributed by atoms with Crippen molar-refractivity contribution in [2.45, 2.75) is 13.1 Å². The number of fused-ring (bicyclic) bond motifs is 1. The summed E-state index contributed by atoms with van der Waals surface area (Å²) in [5.41, 5.74) is 7.92. The van der Waals surface area contributed by atoms with E-state index in [9.17, 15) is 4.79 Å². The van der Waals surface area contributed by atoms with Crippen LogP contribution in [0.2, 0.25) is 0 Å². The Labute approximate surface area is 117 Å². The van der Waals surface area contributed by atoms with Crippen LogP contribution in [0.5, 0.6) is 0 Å². The van der Waals surface area contributed by atoms with Crippen LogP contribution in [-0.4, -0.2) is 41.7 Å². The minimum atomic E-state index is 0.143. The van der Waals surface area contributed by atoms with Crippen molar-refractivity contribution in [3.8, 4) is 0 Å². The summed E-state index contributed by atoms with van der Waals surface area (Å²) in [7, 11) is 0. The summed E-state index contributed by atoms with van der Waals surface area (Å²) < 4.78 is 7.26. The molecular formula is C15H19N3O2. The van der Waals surface area contributed by atoms with Gasteiger partial charge in [0, 0.05) is 36.7 Å². The van der Waals surface area contributed by atoms with Crippen LogP contribution in [0.1, 0.15) is 5.56 Å². The van der Waals surface area contributed by atoms with E-state index in [4.69, 9.17) is 10.5 Å². The van der Waals surface area contributed by atoms with Crippen molar-refractivity contribution in [2.75, 3.05) is 26.3 Å². The van der Waals surface area contributed by atoms with Gasteiger partial charge in [-0.2, -0.15) is 0 Å². The first-order valence-corrected chi connectivity index (χ1v) is 6.92. The van der Waals surface area contributed by atoms with E-state index in [1.54, 1.807) is 0 Å². The van der Waals surface area contributed by atoms with Gasteiger partial charge in [0.05, 0.1) is 13.2 Å². The van der Waals surface area contributed by atoms with Crippen molar-refractivity contribution in [1.29, 1.82) is 0 Å². The van der Waals surface area contributed by atoms with Gasteiger partial charge in [0.25, 0.3) is 0 Å². The third-order valence-corrected chi connectivity index (χ3v) is 3.79. The first kappa shape index (κ1) is 13.1. The molecule has 0 radical (unpaired) electrons. The average Bonchev–Trinajstić information content (AvgIpc) is 2.91. The molecular weight excluding hydrogens is 254 g/mol. The number of rotatable bonds is 3. The molecule has 0 atom stereocenters. The second-order valence-electron chi connectivity index (χ2n) is 4.99. The lowest BCUT2D eigenvalue weighted by atomic mass is 10.1. The SMILES string of the molecule is NCc1cccc2c1ccn2CC(=O)N1CCOCC1. The van der Waals surface area contributed by atoms with Gasteiger partial charge in [-0.05, 0) is 17.7 Å². The van der Waals surface area contributed by atoms with E-state index in [1.807, 2.05) is 39.9 Å². The van der Waals surface area contributed by atoms with E-state index in [0.717, 1.165) is 16.5 Å². The van der Waals surface area contributed by atoms with E-state index in [0.29, 0.717) is 39.4 Å². The number of benzene rings is 1. The molecule has 0 aliphatic carbocycles. The Bertz CT molecular complexity index is 615. The van der Waals surface area contributed by atoms with Crippen molar-refractivity contribution < 1.29 is 9.53 Å². The molecule has 20 heavy (non-hydrogen) atoms. The highest BCUT2D eigenvalue weighted by molar-refractivity contribution is 5.86. The maximum Gasteiger partial charge on any atom is 0.242 e. The largest absolute Gasteiger partial charge is 0.378 e. The highest BCUT2D eigenvalue weighted by Gasteiger charge is 2.17. The fourth-order valence-corrected chi connectivity index (χ4v) is 2.66. The molecule has 1 aliphatic rings. The predicted octanol–water partition coefficient (Wildman–Crippen LogP) is 0.959. The number of hydrogen-bond acceptors (Lipinski definition) is 3. The van der Waals surface area contributed by atoms with Gasteiger partial charge in [0.15, 0.2) is 0 Å². The normalized spacial score (nSPS) is 15.8. The molecule has 2 N–H and O–H groups in total. The maximum atomic E-state index is 12.3. The van der Waals surface area contributed by atoms with Crippen LogP contribution in [0, 0.1) is 0 Å². The Morgan fingerprint density at radius 1 is 1.25 bits per heavy atom. The van der Waals surface area contributed by atoms with Gasteiger partial charge in [-0.15, -0.1) is 0 Å². The number of nitrogens with two attached hydrogens (primary N) is 1. The minimum Gasteiger partial charge on any atom is -0.378 e. The summed E-state index contributed by atoms with van der Waals surface area (Å²) in [6, 6.07) is 8.07. The second-order valence-corrected chi connectivity index (χ2v) is 4.99. The second kappa shape index (κ2) is 5.64. The highest BCUT2D eigenvalue weighted by Crippen LogP contribution is 2.20. The lowest BCUT2D eigenvalue weighted by Crippen LogP contribution is -2.42. The number of carbonyl (C=O) groups excluding carboxylic acids is 1. The number of amides is 1. The first-order valence-electron chi connectivity index (χ1n) is 6.92. The number of ether oxygens (including phenoxy) is 1. The number of hydrogen-bond donors (Lipinski definition) is 1. The van der Waals surface area contributed by atoms with Crippen LogP contribution in [-0.2, 0) is 22.6 Å². The number of nitrogens with zero attached hydrogens (tertiary/aromatic N) is 2. The van der Waals surface area contributed by atoms with Crippen molar-refractivity contribution >= 4 is 16.8 Å². The van der Waals surface area contributed by atoms with Gasteiger partial charge in [0.2, 0.25) is 5.91 Å². The summed E-state index contributed by atoms with van der Waals surface area (Å²) in [6.45, 7) is 3.53. The zero-order valence-electron chi connectivity index (χ0n) is 11.4. The molecule has 0 saturated carbocycles. The Morgan fingerprint density at radius 3 is 2.80 bits per heavy atom. The monoisotopic (exact) mass is 273 g/mol. The molecule has 2 heterocycles. The molecule has 0 spiro atoms. The Morgan fingerprint density at radius 2 is 2.05 bits per heavy atom. The van der Waals surface area contributed by atoms with E-state index in [2.05, 4.69) is 0 Å². The van der Waals surface area contributed by atoms with Gasteiger partial charge in [-0.1, -0.05) is 12.1 Å². The van der Waals surface area contributed by atoms with E-state index in [-0.39, 0.29) is 5.91 Å². The van der Waals surface area contributed by atoms with Crippen LogP contribution in [0.25, 0.3) is 10.9 Å². The van der Waals surface area contributed by atoms with Gasteiger partial charge < -0.3 is 19.9 Å². The third-order valence-electron chi connectivity index (χ3n) is 3.79. The highest BCUT2D eigenvalue weighted by atomic mass is 16.5. The molecule has 1 fully saturated rings. The molecule has 106 valence electrons. The zero-order valence-corrected chi connectivity index (χ0v) is 11.4. The Hall–Kier alpha value is -1.85. The standard InChI is InChI=1S/C15H19N3O2/c16-10-12-2-1-3-14-13(12)4-5-18(14)11-15(19)17-6-8-20-9-7-17/h1-5H,6-11,16H2. The average molecular weight is 273 g/mol. The number of aromatic nitrogens is 1. The smallest absolute Gasteiger partial charge is 0.242 e. The number of morpholine rings is 1. The van der Waals surface area contributed by atoms with Crippen molar-refractivity contribution in [3.05, 3.63) is 36.0 Å². The molecule has 1 saturated heterocycles. The molecule has 1 aromatic heterocycles. The minimum absolute atomic E-state index is 0.143. The fourth-order valence-electron chi connectivity index (χ4n) is 2.66. The van der Waals surface area contributed by atoms with Crippen LogP contribution < -0.4 is 5.73 Å². The van der Waals surface area contributed by atoms with Gasteiger partial charge >= 0.3 is 0 Å². The zero-order chi connectivity index (χ0) is 13.9. The molecule has 0 bridgehead atoms. The van der Waals surface area contributed by atoms with Gasteiger partial charge in [-0.25, -0.2) is 0 Å². The Kier molecular flexibility index (Phi) is 3.71. The summed E-state index contributed by atoms with van der Waals surface area (Å²) >= 11 is 0. The summed E-state index contributed by atoms with van der Waals surface area (Å²) in [6.07, 6.45) is 1.96. The topological polar surface area (TPSA) is 60.5 Å². The molecule has 3 rings (SSSR count). The van der Waals surface area contributed by atoms with Gasteiger partial charge in [0.1, 0.15) is 6.54 Å². The molecule has 5 nitrogen and oxygen atoms in total. The van der Waals surface area contributed by atoms with E-state index < -0.39 is 0 Å². The lowest BCUT2D eigenvalue weighted by molar-refractivity contribution is -0.135. The quantitative estimate of drug-likeness (QED) is 0.906. The predicted molar refractivity (Wildman–Crippen MR) is 77.2 cm³/mol. The van der Waals surface area contributed by atoms with E-state index in [1.165, 1.54) is 0 Å². The number of carbonyl (C=O) groups is 1. The van der Waals surface area contributed by atoms with Crippen molar-refractivity contribution in [1.82, 2.24) is 9.47 Å². The summed E-state index contributed by atoms with van der Waals surface area (Å²) in [5, 5.41) is 1.13. The summed E-state index contributed by atoms with van der Waals surface area (Å²) in [5.74, 6) is 0.143. The molecule has 5 heteroatoms. The lowest BCUT2D eigenvalue weighted by Gasteiger charge is -2.27. The Balaban J connectivity index is 1.82. The van der Waals surface area contributed by atoms with Gasteiger partial charge in [-0.3, -0.25) is 4.79 Å². The molecule has 0 unspecified atom stereocenters. The van der Waals surface area contributed by atoms with E-state index >= 15 is 0 Å². The molecule has 2 aromatic rings. The van der Waals surface area contributed by atoms with Crippen LogP contribution in [0.4, 0.5) is 0 Å². The van der Waals surface area contributed by atoms with Crippen molar-refractivity contribution in [3.63, 3.8) is 0 Å². The van der Waals surface area contributed by atoms with Crippen LogP contribution in [0.3, 0.4) is 0 Å². The van der Waals surface area contributed by atoms with Crippen LogP contribution >= 0.6 is 0 Å². The molecule has 1 amide bonds. The van der Waals surface area contributed by atoms with Crippen molar-refractivity contribution in [2.24, 2.45) is 5.73 Å². The third kappa shape index (κ3) is 2.42. The maximum absolute atomic E-state index is 12.3. The summed E-state index contributed by atoms with van der Waals surface area (Å²) in [4.78, 5) is 14.2. The molecule has 1 aromatic carbocycles. The molecule has 1 aliphatic heterocycles.